The summed E-state index contributed by atoms with van der Waals surface area (Å²) in [6, 6.07) is 8.12. The molecule has 0 saturated carbocycles. The Morgan fingerprint density at radius 2 is 1.48 bits per heavy atom. The van der Waals surface area contributed by atoms with Crippen molar-refractivity contribution in [2.75, 3.05) is 47.5 Å². The van der Waals surface area contributed by atoms with E-state index < -0.39 is 14.7 Å². The Labute approximate surface area is 246 Å². The minimum atomic E-state index is -2.03. The van der Waals surface area contributed by atoms with Crippen LogP contribution >= 0.6 is 8.60 Å². The Morgan fingerprint density at radius 1 is 0.850 bits per heavy atom. The van der Waals surface area contributed by atoms with Gasteiger partial charge in [-0.3, -0.25) is 4.79 Å². The van der Waals surface area contributed by atoms with Crippen molar-refractivity contribution in [3.63, 3.8) is 0 Å². The van der Waals surface area contributed by atoms with Crippen molar-refractivity contribution in [1.82, 2.24) is 0 Å². The molecule has 40 heavy (non-hydrogen) atoms. The predicted molar refractivity (Wildman–Crippen MR) is 165 cm³/mol. The van der Waals surface area contributed by atoms with E-state index in [9.17, 15) is 9.69 Å². The molecule has 2 atom stereocenters. The second kappa shape index (κ2) is 23.3. The van der Waals surface area contributed by atoms with E-state index in [1.165, 1.54) is 82.6 Å². The lowest BCUT2D eigenvalue weighted by Gasteiger charge is -2.24. The number of hydrogen-bond donors (Lipinski definition) is 1. The molecule has 0 heterocycles. The van der Waals surface area contributed by atoms with Crippen LogP contribution in [0.15, 0.2) is 24.3 Å². The molecule has 1 rings (SSSR count). The van der Waals surface area contributed by atoms with Crippen molar-refractivity contribution in [3.8, 4) is 5.75 Å². The number of ether oxygens (including phenoxy) is 2. The highest BCUT2D eigenvalue weighted by atomic mass is 31.2. The number of rotatable bonds is 26. The minimum absolute atomic E-state index is 0.0157. The summed E-state index contributed by atoms with van der Waals surface area (Å²) in [5.74, 6) is 0.417. The van der Waals surface area contributed by atoms with Crippen molar-refractivity contribution in [2.24, 2.45) is 0 Å². The normalized spacial score (nSPS) is 13.2. The maximum atomic E-state index is 11.9. The average Bonchev–Trinajstić information content (AvgIpc) is 2.92. The molecule has 232 valence electrons. The number of benzene rings is 1. The third kappa shape index (κ3) is 21.5. The van der Waals surface area contributed by atoms with E-state index in [1.807, 2.05) is 12.1 Å². The quantitative estimate of drug-likeness (QED) is 0.0515. The van der Waals surface area contributed by atoms with E-state index in [4.69, 9.17) is 18.5 Å². The number of unbranched alkanes of at least 4 members (excludes halogenated alkanes) is 11. The van der Waals surface area contributed by atoms with Crippen molar-refractivity contribution in [2.45, 2.75) is 116 Å². The molecule has 0 radical (unpaired) electrons. The lowest BCUT2D eigenvalue weighted by atomic mass is 10.0. The number of hydrogen-bond acceptors (Lipinski definition) is 6. The van der Waals surface area contributed by atoms with Crippen LogP contribution < -0.4 is 4.74 Å². The molecule has 0 amide bonds. The van der Waals surface area contributed by atoms with Gasteiger partial charge in [0.25, 0.3) is 0 Å². The molecule has 0 aromatic heterocycles. The number of carbonyl (C=O) groups excluding carboxylic acids is 1. The molecule has 0 fully saturated rings. The summed E-state index contributed by atoms with van der Waals surface area (Å²) >= 11 is 0. The molecule has 0 spiro atoms. The Kier molecular flexibility index (Phi) is 21.5. The molecule has 1 aromatic carbocycles. The van der Waals surface area contributed by atoms with Gasteiger partial charge in [0.2, 0.25) is 0 Å². The SMILES string of the molecule is CCCCCCCCCCCCCCc1cccc(OCC(COP(O)OCCC[N+](C)(C)C)OC(=O)CC)c1. The number of carbonyl (C=O) groups is 1. The minimum Gasteiger partial charge on any atom is -0.490 e. The smallest absolute Gasteiger partial charge is 0.329 e. The van der Waals surface area contributed by atoms with Gasteiger partial charge in [-0.2, -0.15) is 0 Å². The van der Waals surface area contributed by atoms with Crippen molar-refractivity contribution >= 4 is 14.6 Å². The molecule has 1 aromatic rings. The molecular weight excluding hydrogens is 525 g/mol. The van der Waals surface area contributed by atoms with Crippen LogP contribution in [0.25, 0.3) is 0 Å². The lowest BCUT2D eigenvalue weighted by molar-refractivity contribution is -0.870. The van der Waals surface area contributed by atoms with Crippen LogP contribution in [0, 0.1) is 0 Å². The summed E-state index contributed by atoms with van der Waals surface area (Å²) < 4.78 is 23.1. The van der Waals surface area contributed by atoms with Gasteiger partial charge < -0.3 is 27.9 Å². The summed E-state index contributed by atoms with van der Waals surface area (Å²) in [5.41, 5.74) is 1.25. The zero-order chi connectivity index (χ0) is 29.5. The number of quaternary nitrogens is 1. The summed E-state index contributed by atoms with van der Waals surface area (Å²) in [7, 11) is 4.30. The second-order valence-electron chi connectivity index (χ2n) is 11.8. The molecule has 1 N–H and O–H groups in total. The van der Waals surface area contributed by atoms with Crippen LogP contribution in [-0.2, 0) is 25.0 Å². The monoisotopic (exact) mass is 584 g/mol. The molecule has 7 nitrogen and oxygen atoms in total. The largest absolute Gasteiger partial charge is 0.490 e. The van der Waals surface area contributed by atoms with E-state index in [0.717, 1.165) is 29.6 Å². The highest BCUT2D eigenvalue weighted by molar-refractivity contribution is 7.40. The fourth-order valence-electron chi connectivity index (χ4n) is 4.40. The molecule has 8 heteroatoms. The summed E-state index contributed by atoms with van der Waals surface area (Å²) in [4.78, 5) is 22.0. The van der Waals surface area contributed by atoms with Gasteiger partial charge >= 0.3 is 14.6 Å². The standard InChI is InChI=1S/C32H59NO6P/c1-6-8-9-10-11-12-13-14-15-16-17-18-21-29-22-19-23-30(26-29)36-27-31(39-32(34)7-2)28-38-40(35)37-25-20-24-33(3,4)5/h19,22-23,26,31,35H,6-18,20-21,24-25,27-28H2,1-5H3/q+1. The van der Waals surface area contributed by atoms with Gasteiger partial charge in [-0.25, -0.2) is 0 Å². The van der Waals surface area contributed by atoms with Gasteiger partial charge in [-0.1, -0.05) is 96.6 Å². The maximum Gasteiger partial charge on any atom is 0.329 e. The lowest BCUT2D eigenvalue weighted by Crippen LogP contribution is -2.35. The highest BCUT2D eigenvalue weighted by Crippen LogP contribution is 2.33. The first kappa shape index (κ1) is 36.8. The molecule has 2 unspecified atom stereocenters. The van der Waals surface area contributed by atoms with Gasteiger partial charge in [0, 0.05) is 12.8 Å². The number of aryl methyl sites for hydroxylation is 1. The molecule has 0 aliphatic carbocycles. The van der Waals surface area contributed by atoms with E-state index >= 15 is 0 Å². The van der Waals surface area contributed by atoms with E-state index in [1.54, 1.807) is 6.92 Å². The third-order valence-electron chi connectivity index (χ3n) is 6.79. The van der Waals surface area contributed by atoms with Gasteiger partial charge in [-0.05, 0) is 30.5 Å². The Hall–Kier alpha value is -1.24. The van der Waals surface area contributed by atoms with E-state index in [2.05, 4.69) is 40.2 Å². The van der Waals surface area contributed by atoms with Crippen molar-refractivity contribution in [1.29, 1.82) is 0 Å². The zero-order valence-corrected chi connectivity index (χ0v) is 27.1. The van der Waals surface area contributed by atoms with E-state index in [0.29, 0.717) is 6.61 Å². The van der Waals surface area contributed by atoms with Crippen LogP contribution in [0.4, 0.5) is 0 Å². The first-order valence-electron chi connectivity index (χ1n) is 15.7. The van der Waals surface area contributed by atoms with E-state index in [-0.39, 0.29) is 25.6 Å². The first-order chi connectivity index (χ1) is 19.2. The molecular formula is C32H59NO6P+. The Bertz CT molecular complexity index is 757. The van der Waals surface area contributed by atoms with Crippen LogP contribution in [0.1, 0.15) is 109 Å². The maximum absolute atomic E-state index is 11.9. The van der Waals surface area contributed by atoms with Gasteiger partial charge in [-0.15, -0.1) is 0 Å². The topological polar surface area (TPSA) is 74.2 Å². The average molecular weight is 585 g/mol. The predicted octanol–water partition coefficient (Wildman–Crippen LogP) is 7.98. The van der Waals surface area contributed by atoms with Gasteiger partial charge in [0.1, 0.15) is 12.4 Å². The highest BCUT2D eigenvalue weighted by Gasteiger charge is 2.19. The summed E-state index contributed by atoms with van der Waals surface area (Å²) in [6.07, 6.45) is 17.7. The van der Waals surface area contributed by atoms with Gasteiger partial charge in [0.15, 0.2) is 6.10 Å². The second-order valence-corrected chi connectivity index (χ2v) is 12.8. The van der Waals surface area contributed by atoms with Crippen LogP contribution in [0.3, 0.4) is 0 Å². The number of esters is 1. The Balaban J connectivity index is 2.30. The zero-order valence-electron chi connectivity index (χ0n) is 26.2. The van der Waals surface area contributed by atoms with Crippen molar-refractivity contribution < 1.29 is 32.7 Å². The first-order valence-corrected chi connectivity index (χ1v) is 16.8. The molecule has 0 bridgehead atoms. The van der Waals surface area contributed by atoms with Crippen LogP contribution in [0.5, 0.6) is 5.75 Å². The number of nitrogens with zero attached hydrogens (tertiary/aromatic N) is 1. The molecule has 0 aliphatic rings. The fraction of sp³-hybridized carbons (Fsp3) is 0.781. The summed E-state index contributed by atoms with van der Waals surface area (Å²) in [6.45, 7) is 5.54. The van der Waals surface area contributed by atoms with Crippen molar-refractivity contribution in [3.05, 3.63) is 29.8 Å². The summed E-state index contributed by atoms with van der Waals surface area (Å²) in [5, 5.41) is 0. The molecule has 0 aliphatic heterocycles. The third-order valence-corrected chi connectivity index (χ3v) is 7.56. The molecule has 0 saturated heterocycles. The van der Waals surface area contributed by atoms with Gasteiger partial charge in [0.05, 0.1) is 40.9 Å². The van der Waals surface area contributed by atoms with Crippen LogP contribution in [0.2, 0.25) is 0 Å². The fourth-order valence-corrected chi connectivity index (χ4v) is 5.05. The van der Waals surface area contributed by atoms with Crippen LogP contribution in [-0.4, -0.2) is 69.0 Å². The Morgan fingerprint density at radius 3 is 2.08 bits per heavy atom.